The van der Waals surface area contributed by atoms with Crippen LogP contribution in [0.3, 0.4) is 0 Å². The van der Waals surface area contributed by atoms with Gasteiger partial charge in [0.05, 0.1) is 13.2 Å². The number of nitrogens with one attached hydrogen (secondary N) is 2. The number of hydrogen-bond donors (Lipinski definition) is 2. The van der Waals surface area contributed by atoms with E-state index in [1.807, 2.05) is 30.3 Å². The van der Waals surface area contributed by atoms with Crippen molar-refractivity contribution in [1.29, 1.82) is 0 Å². The van der Waals surface area contributed by atoms with Crippen molar-refractivity contribution in [3.63, 3.8) is 0 Å². The number of likely N-dealkylation sites (tertiary alicyclic amines) is 1. The van der Waals surface area contributed by atoms with Crippen molar-refractivity contribution < 1.29 is 19.1 Å². The molecule has 32 heavy (non-hydrogen) atoms. The predicted octanol–water partition coefficient (Wildman–Crippen LogP) is 3.38. The number of carbonyl (C=O) groups is 2. The normalized spacial score (nSPS) is 16.9. The van der Waals surface area contributed by atoms with Crippen molar-refractivity contribution in [2.45, 2.75) is 31.7 Å². The minimum Gasteiger partial charge on any atom is -0.497 e. The third kappa shape index (κ3) is 6.01. The van der Waals surface area contributed by atoms with Crippen LogP contribution in [0.15, 0.2) is 48.5 Å². The average Bonchev–Trinajstić information content (AvgIpc) is 3.54. The van der Waals surface area contributed by atoms with Crippen LogP contribution in [-0.4, -0.2) is 50.1 Å². The zero-order chi connectivity index (χ0) is 22.3. The highest BCUT2D eigenvalue weighted by molar-refractivity contribution is 5.94. The number of nitrogens with zero attached hydrogens (tertiary/aromatic N) is 1. The molecule has 1 saturated heterocycles. The third-order valence-corrected chi connectivity index (χ3v) is 5.97. The van der Waals surface area contributed by atoms with Gasteiger partial charge in [0.25, 0.3) is 5.91 Å². The van der Waals surface area contributed by atoms with Crippen LogP contribution in [0.5, 0.6) is 11.5 Å². The number of amides is 2. The maximum Gasteiger partial charge on any atom is 0.258 e. The molecule has 1 aliphatic carbocycles. The van der Waals surface area contributed by atoms with E-state index in [2.05, 4.69) is 21.6 Å². The monoisotopic (exact) mass is 437 g/mol. The molecule has 2 N–H and O–H groups in total. The fraction of sp³-hybridized carbons (Fsp3) is 0.440. The van der Waals surface area contributed by atoms with Gasteiger partial charge < -0.3 is 20.1 Å². The van der Waals surface area contributed by atoms with Gasteiger partial charge in [-0.05, 0) is 68.6 Å². The summed E-state index contributed by atoms with van der Waals surface area (Å²) in [5.74, 6) is 1.38. The summed E-state index contributed by atoms with van der Waals surface area (Å²) in [4.78, 5) is 26.8. The van der Waals surface area contributed by atoms with Crippen LogP contribution >= 0.6 is 0 Å². The van der Waals surface area contributed by atoms with Gasteiger partial charge >= 0.3 is 0 Å². The standard InChI is InChI=1S/C25H31N3O4/c1-31-21-8-4-6-19(14-21)23(28-12-2-3-13-28)16-26-24(29)17-32-22-9-5-7-20(15-22)27-25(30)18-10-11-18/h4-9,14-15,18,23H,2-3,10-13,16-17H2,1H3,(H,26,29)(H,27,30). The Labute approximate surface area is 189 Å². The second-order valence-corrected chi connectivity index (χ2v) is 8.42. The van der Waals surface area contributed by atoms with Crippen LogP contribution in [0.2, 0.25) is 0 Å². The SMILES string of the molecule is COc1cccc(C(CNC(=O)COc2cccc(NC(=O)C3CC3)c2)N2CCCC2)c1. The Morgan fingerprint density at radius 2 is 1.81 bits per heavy atom. The lowest BCUT2D eigenvalue weighted by atomic mass is 10.0. The van der Waals surface area contributed by atoms with E-state index in [1.54, 1.807) is 19.2 Å². The highest BCUT2D eigenvalue weighted by Crippen LogP contribution is 2.30. The number of anilines is 1. The lowest BCUT2D eigenvalue weighted by Gasteiger charge is -2.28. The van der Waals surface area contributed by atoms with Gasteiger partial charge in [0.15, 0.2) is 6.61 Å². The maximum absolute atomic E-state index is 12.5. The molecule has 1 atom stereocenters. The molecule has 7 heteroatoms. The number of ether oxygens (including phenoxy) is 2. The van der Waals surface area contributed by atoms with Crippen LogP contribution < -0.4 is 20.1 Å². The van der Waals surface area contributed by atoms with E-state index in [0.29, 0.717) is 18.0 Å². The van der Waals surface area contributed by atoms with Crippen LogP contribution in [0, 0.1) is 5.92 Å². The number of hydrogen-bond acceptors (Lipinski definition) is 5. The minimum atomic E-state index is -0.176. The highest BCUT2D eigenvalue weighted by Gasteiger charge is 2.29. The van der Waals surface area contributed by atoms with E-state index in [9.17, 15) is 9.59 Å². The Morgan fingerprint density at radius 1 is 1.06 bits per heavy atom. The summed E-state index contributed by atoms with van der Waals surface area (Å²) in [6, 6.07) is 15.3. The van der Waals surface area contributed by atoms with E-state index in [4.69, 9.17) is 9.47 Å². The zero-order valence-corrected chi connectivity index (χ0v) is 18.5. The zero-order valence-electron chi connectivity index (χ0n) is 18.5. The number of benzene rings is 2. The highest BCUT2D eigenvalue weighted by atomic mass is 16.5. The van der Waals surface area contributed by atoms with Crippen molar-refractivity contribution in [1.82, 2.24) is 10.2 Å². The topological polar surface area (TPSA) is 79.9 Å². The van der Waals surface area contributed by atoms with Crippen molar-refractivity contribution >= 4 is 17.5 Å². The molecule has 2 amide bonds. The van der Waals surface area contributed by atoms with E-state index >= 15 is 0 Å². The van der Waals surface area contributed by atoms with E-state index in [1.165, 1.54) is 12.8 Å². The molecule has 170 valence electrons. The molecule has 2 fully saturated rings. The Kier molecular flexibility index (Phi) is 7.27. The molecule has 2 aromatic rings. The van der Waals surface area contributed by atoms with E-state index in [0.717, 1.165) is 37.2 Å². The molecular weight excluding hydrogens is 406 g/mol. The van der Waals surface area contributed by atoms with Gasteiger partial charge in [-0.25, -0.2) is 0 Å². The fourth-order valence-corrected chi connectivity index (χ4v) is 4.02. The molecule has 1 aliphatic heterocycles. The Morgan fingerprint density at radius 3 is 2.56 bits per heavy atom. The van der Waals surface area contributed by atoms with Gasteiger partial charge in [-0.3, -0.25) is 14.5 Å². The smallest absolute Gasteiger partial charge is 0.258 e. The van der Waals surface area contributed by atoms with Crippen molar-refractivity contribution in [2.75, 3.05) is 38.7 Å². The molecule has 0 aromatic heterocycles. The van der Waals surface area contributed by atoms with Crippen LogP contribution in [-0.2, 0) is 9.59 Å². The first-order valence-corrected chi connectivity index (χ1v) is 11.3. The summed E-state index contributed by atoms with van der Waals surface area (Å²) in [6.07, 6.45) is 4.25. The second kappa shape index (κ2) is 10.5. The summed E-state index contributed by atoms with van der Waals surface area (Å²) in [5, 5.41) is 5.92. The van der Waals surface area contributed by atoms with Crippen molar-refractivity contribution in [3.8, 4) is 11.5 Å². The van der Waals surface area contributed by atoms with Crippen molar-refractivity contribution in [2.24, 2.45) is 5.92 Å². The van der Waals surface area contributed by atoms with E-state index < -0.39 is 0 Å². The van der Waals surface area contributed by atoms with Gasteiger partial charge in [-0.2, -0.15) is 0 Å². The quantitative estimate of drug-likeness (QED) is 0.596. The van der Waals surface area contributed by atoms with Gasteiger partial charge in [0.2, 0.25) is 5.91 Å². The lowest BCUT2D eigenvalue weighted by molar-refractivity contribution is -0.123. The molecule has 0 radical (unpaired) electrons. The summed E-state index contributed by atoms with van der Waals surface area (Å²) >= 11 is 0. The molecule has 4 rings (SSSR count). The molecule has 0 bridgehead atoms. The lowest BCUT2D eigenvalue weighted by Crippen LogP contribution is -2.38. The third-order valence-electron chi connectivity index (χ3n) is 5.97. The Hall–Kier alpha value is -3.06. The van der Waals surface area contributed by atoms with Crippen LogP contribution in [0.4, 0.5) is 5.69 Å². The molecule has 1 unspecified atom stereocenters. The van der Waals surface area contributed by atoms with Crippen molar-refractivity contribution in [3.05, 3.63) is 54.1 Å². The van der Waals surface area contributed by atoms with Gasteiger partial charge in [-0.15, -0.1) is 0 Å². The molecule has 0 spiro atoms. The molecule has 2 aromatic carbocycles. The summed E-state index contributed by atoms with van der Waals surface area (Å²) in [7, 11) is 1.66. The van der Waals surface area contributed by atoms with Gasteiger partial charge in [0.1, 0.15) is 11.5 Å². The minimum absolute atomic E-state index is 0.0467. The van der Waals surface area contributed by atoms with Crippen LogP contribution in [0.25, 0.3) is 0 Å². The summed E-state index contributed by atoms with van der Waals surface area (Å²) < 4.78 is 11.0. The summed E-state index contributed by atoms with van der Waals surface area (Å²) in [5.41, 5.74) is 1.82. The first-order chi connectivity index (χ1) is 15.6. The van der Waals surface area contributed by atoms with Crippen LogP contribution in [0.1, 0.15) is 37.3 Å². The molecular formula is C25H31N3O4. The number of rotatable bonds is 10. The maximum atomic E-state index is 12.5. The Bertz CT molecular complexity index is 938. The molecule has 7 nitrogen and oxygen atoms in total. The largest absolute Gasteiger partial charge is 0.497 e. The second-order valence-electron chi connectivity index (χ2n) is 8.42. The molecule has 2 aliphatic rings. The first-order valence-electron chi connectivity index (χ1n) is 11.3. The van der Waals surface area contributed by atoms with E-state index in [-0.39, 0.29) is 30.4 Å². The fourth-order valence-electron chi connectivity index (χ4n) is 4.02. The first kappa shape index (κ1) is 22.1. The van der Waals surface area contributed by atoms with Gasteiger partial charge in [-0.1, -0.05) is 18.2 Å². The molecule has 1 saturated carbocycles. The Balaban J connectivity index is 1.31. The number of methoxy groups -OCH3 is 1. The predicted molar refractivity (Wildman–Crippen MR) is 123 cm³/mol. The number of carbonyl (C=O) groups excluding carboxylic acids is 2. The molecule has 1 heterocycles. The van der Waals surface area contributed by atoms with Gasteiger partial charge in [0, 0.05) is 24.2 Å². The summed E-state index contributed by atoms with van der Waals surface area (Å²) in [6.45, 7) is 2.47. The average molecular weight is 438 g/mol.